The second kappa shape index (κ2) is 9.58. The van der Waals surface area contributed by atoms with Gasteiger partial charge in [0.1, 0.15) is 36.8 Å². The number of ether oxygens (including phenoxy) is 2. The highest BCUT2D eigenvalue weighted by atomic mass is 32.3. The van der Waals surface area contributed by atoms with Crippen LogP contribution in [0.5, 0.6) is 5.75 Å². The van der Waals surface area contributed by atoms with E-state index in [0.29, 0.717) is 5.56 Å². The summed E-state index contributed by atoms with van der Waals surface area (Å²) in [6.45, 7) is -1.12. The monoisotopic (exact) mass is 423 g/mol. The second-order valence-corrected chi connectivity index (χ2v) is 6.96. The molecule has 13 heteroatoms. The van der Waals surface area contributed by atoms with Crippen molar-refractivity contribution in [2.24, 2.45) is 0 Å². The average molecular weight is 423 g/mol. The largest absolute Gasteiger partial charge is 0.446 e. The first-order valence-electron chi connectivity index (χ1n) is 8.05. The van der Waals surface area contributed by atoms with Gasteiger partial charge in [0.15, 0.2) is 6.29 Å². The summed E-state index contributed by atoms with van der Waals surface area (Å²) >= 11 is 0. The molecule has 28 heavy (non-hydrogen) atoms. The fraction of sp³-hybridized carbons (Fsp3) is 0.533. The molecule has 1 aromatic carbocycles. The maximum absolute atomic E-state index is 11.8. The minimum atomic E-state index is -4.62. The summed E-state index contributed by atoms with van der Waals surface area (Å²) in [4.78, 5) is 11.8. The zero-order valence-electron chi connectivity index (χ0n) is 14.4. The van der Waals surface area contributed by atoms with E-state index in [1.54, 1.807) is 0 Å². The van der Waals surface area contributed by atoms with E-state index < -0.39 is 60.2 Å². The van der Waals surface area contributed by atoms with Gasteiger partial charge < -0.3 is 39.4 Å². The lowest BCUT2D eigenvalue weighted by molar-refractivity contribution is -0.295. The van der Waals surface area contributed by atoms with E-state index in [4.69, 9.17) is 19.1 Å². The molecular weight excluding hydrogens is 402 g/mol. The van der Waals surface area contributed by atoms with Crippen LogP contribution in [-0.4, -0.2) is 83.2 Å². The maximum Gasteiger partial charge on any atom is 0.446 e. The molecule has 0 bridgehead atoms. The van der Waals surface area contributed by atoms with Crippen molar-refractivity contribution in [3.63, 3.8) is 0 Å². The van der Waals surface area contributed by atoms with Crippen LogP contribution in [0, 0.1) is 0 Å². The number of amides is 1. The van der Waals surface area contributed by atoms with Gasteiger partial charge in [-0.2, -0.15) is 8.42 Å². The first-order valence-corrected chi connectivity index (χ1v) is 9.42. The van der Waals surface area contributed by atoms with Gasteiger partial charge in [-0.25, -0.2) is 0 Å². The van der Waals surface area contributed by atoms with Gasteiger partial charge in [0, 0.05) is 6.54 Å². The molecule has 0 unspecified atom stereocenters. The van der Waals surface area contributed by atoms with E-state index in [-0.39, 0.29) is 12.3 Å². The minimum absolute atomic E-state index is 0.0514. The smallest absolute Gasteiger partial charge is 0.394 e. The fourth-order valence-corrected chi connectivity index (χ4v) is 2.81. The first-order chi connectivity index (χ1) is 13.1. The number of hydrogen-bond donors (Lipinski definition) is 6. The summed E-state index contributed by atoms with van der Waals surface area (Å²) in [5, 5.41) is 40.9. The SMILES string of the molecule is O=C(CO[C@@H]1[C@@H](O)[C@H](O)[C@@H](CO)O[C@@H]1O)NCc1ccc(OS(=O)(=O)O)cc1. The Morgan fingerprint density at radius 2 is 1.79 bits per heavy atom. The van der Waals surface area contributed by atoms with Crippen molar-refractivity contribution in [3.8, 4) is 5.75 Å². The number of hydrogen-bond acceptors (Lipinski definition) is 10. The predicted octanol–water partition coefficient (Wildman–Crippen LogP) is -2.70. The van der Waals surface area contributed by atoms with Crippen LogP contribution < -0.4 is 9.50 Å². The van der Waals surface area contributed by atoms with Crippen LogP contribution in [0.25, 0.3) is 0 Å². The molecule has 1 fully saturated rings. The lowest BCUT2D eigenvalue weighted by Gasteiger charge is -2.39. The fourth-order valence-electron chi connectivity index (χ4n) is 2.46. The molecule has 158 valence electrons. The lowest BCUT2D eigenvalue weighted by atomic mass is 9.99. The van der Waals surface area contributed by atoms with Crippen LogP contribution >= 0.6 is 0 Å². The molecule has 0 aromatic heterocycles. The number of rotatable bonds is 8. The van der Waals surface area contributed by atoms with Crippen molar-refractivity contribution in [2.75, 3.05) is 13.2 Å². The molecule has 1 aliphatic heterocycles. The molecule has 0 radical (unpaired) electrons. The van der Waals surface area contributed by atoms with Crippen molar-refractivity contribution in [1.82, 2.24) is 5.32 Å². The van der Waals surface area contributed by atoms with Crippen LogP contribution in [0.2, 0.25) is 0 Å². The lowest BCUT2D eigenvalue weighted by Crippen LogP contribution is -2.59. The molecule has 0 spiro atoms. The van der Waals surface area contributed by atoms with Gasteiger partial charge in [0.05, 0.1) is 6.61 Å². The predicted molar refractivity (Wildman–Crippen MR) is 90.2 cm³/mol. The molecule has 1 amide bonds. The number of nitrogens with one attached hydrogen (secondary N) is 1. The Morgan fingerprint density at radius 3 is 2.36 bits per heavy atom. The standard InChI is InChI=1S/C15H21NO11S/c17-6-10-12(19)13(20)14(15(21)26-10)25-7-11(18)16-5-8-1-3-9(4-2-8)27-28(22,23)24/h1-4,10,12-15,17,19-21H,5-7H2,(H,16,18)(H,22,23,24)/t10-,12-,13+,14-,15+/m1/s1. The van der Waals surface area contributed by atoms with Crippen LogP contribution in [0.1, 0.15) is 5.56 Å². The Hall–Kier alpha value is -1.84. The van der Waals surface area contributed by atoms with Gasteiger partial charge in [-0.05, 0) is 17.7 Å². The zero-order valence-corrected chi connectivity index (χ0v) is 15.2. The first kappa shape index (κ1) is 22.4. The quantitative estimate of drug-likeness (QED) is 0.238. The second-order valence-electron chi connectivity index (χ2n) is 5.94. The Bertz CT molecular complexity index is 754. The van der Waals surface area contributed by atoms with E-state index >= 15 is 0 Å². The third kappa shape index (κ3) is 6.35. The normalized spacial score (nSPS) is 28.0. The summed E-state index contributed by atoms with van der Waals surface area (Å²) < 4.78 is 44.0. The Labute approximate surface area is 160 Å². The van der Waals surface area contributed by atoms with Gasteiger partial charge in [0.25, 0.3) is 0 Å². The number of carbonyl (C=O) groups is 1. The van der Waals surface area contributed by atoms with Gasteiger partial charge in [-0.1, -0.05) is 12.1 Å². The summed E-state index contributed by atoms with van der Waals surface area (Å²) in [5.74, 6) is -0.711. The molecule has 0 aliphatic carbocycles. The van der Waals surface area contributed by atoms with Crippen LogP contribution in [-0.2, 0) is 31.2 Å². The molecule has 1 aliphatic rings. The minimum Gasteiger partial charge on any atom is -0.394 e. The molecule has 5 atom stereocenters. The van der Waals surface area contributed by atoms with Crippen LogP contribution in [0.4, 0.5) is 0 Å². The highest BCUT2D eigenvalue weighted by Crippen LogP contribution is 2.22. The van der Waals surface area contributed by atoms with Crippen molar-refractivity contribution >= 4 is 16.3 Å². The molecule has 1 heterocycles. The third-order valence-electron chi connectivity index (χ3n) is 3.86. The topological polar surface area (TPSA) is 192 Å². The van der Waals surface area contributed by atoms with E-state index in [1.807, 2.05) is 0 Å². The Kier molecular flexibility index (Phi) is 7.68. The Balaban J connectivity index is 1.80. The highest BCUT2D eigenvalue weighted by Gasteiger charge is 2.44. The van der Waals surface area contributed by atoms with Gasteiger partial charge in [-0.15, -0.1) is 0 Å². The number of aliphatic hydroxyl groups excluding tert-OH is 4. The van der Waals surface area contributed by atoms with Crippen molar-refractivity contribution in [2.45, 2.75) is 37.3 Å². The Morgan fingerprint density at radius 1 is 1.14 bits per heavy atom. The van der Waals surface area contributed by atoms with Crippen molar-refractivity contribution < 1.29 is 51.8 Å². The number of benzene rings is 1. The summed E-state index contributed by atoms with van der Waals surface area (Å²) in [6, 6.07) is 5.46. The maximum atomic E-state index is 11.8. The van der Waals surface area contributed by atoms with E-state index in [1.165, 1.54) is 24.3 Å². The summed E-state index contributed by atoms with van der Waals surface area (Å²) in [5.41, 5.74) is 0.582. The van der Waals surface area contributed by atoms with Gasteiger partial charge >= 0.3 is 10.4 Å². The van der Waals surface area contributed by atoms with E-state index in [0.717, 1.165) is 0 Å². The van der Waals surface area contributed by atoms with Crippen LogP contribution in [0.3, 0.4) is 0 Å². The third-order valence-corrected chi connectivity index (χ3v) is 4.27. The van der Waals surface area contributed by atoms with E-state index in [9.17, 15) is 28.5 Å². The number of carbonyl (C=O) groups excluding carboxylic acids is 1. The molecule has 12 nitrogen and oxygen atoms in total. The van der Waals surface area contributed by atoms with Crippen molar-refractivity contribution in [3.05, 3.63) is 29.8 Å². The summed E-state index contributed by atoms with van der Waals surface area (Å²) in [7, 11) is -4.62. The molecule has 2 rings (SSSR count). The van der Waals surface area contributed by atoms with Gasteiger partial charge in [0.2, 0.25) is 5.91 Å². The molecule has 1 aromatic rings. The zero-order chi connectivity index (χ0) is 20.9. The molecule has 0 saturated carbocycles. The molecule has 1 saturated heterocycles. The molecule has 6 N–H and O–H groups in total. The highest BCUT2D eigenvalue weighted by molar-refractivity contribution is 7.81. The van der Waals surface area contributed by atoms with E-state index in [2.05, 4.69) is 9.50 Å². The van der Waals surface area contributed by atoms with Crippen molar-refractivity contribution in [1.29, 1.82) is 0 Å². The average Bonchev–Trinajstić information content (AvgIpc) is 2.62. The molecular formula is C15H21NO11S. The number of aliphatic hydroxyl groups is 4. The van der Waals surface area contributed by atoms with Crippen LogP contribution in [0.15, 0.2) is 24.3 Å². The summed E-state index contributed by atoms with van der Waals surface area (Å²) in [6.07, 6.45) is -7.26. The van der Waals surface area contributed by atoms with Gasteiger partial charge in [-0.3, -0.25) is 9.35 Å².